The first-order valence-corrected chi connectivity index (χ1v) is 8.76. The van der Waals surface area contributed by atoms with Gasteiger partial charge in [0, 0.05) is 10.9 Å². The van der Waals surface area contributed by atoms with Gasteiger partial charge in [-0.3, -0.25) is 4.79 Å². The molecule has 4 rings (SSSR count). The minimum atomic E-state index is -0.0261. The molecule has 3 aromatic heterocycles. The maximum atomic E-state index is 12.6. The van der Waals surface area contributed by atoms with Gasteiger partial charge in [0.25, 0.3) is 0 Å². The summed E-state index contributed by atoms with van der Waals surface area (Å²) in [5.74, 6) is -0.0261. The first-order chi connectivity index (χ1) is 11.2. The number of carbonyl (C=O) groups excluding carboxylic acids is 1. The van der Waals surface area contributed by atoms with Crippen LogP contribution in [0.5, 0.6) is 0 Å². The lowest BCUT2D eigenvalue weighted by atomic mass is 10.1. The van der Waals surface area contributed by atoms with Crippen LogP contribution in [0.3, 0.4) is 0 Å². The monoisotopic (exact) mass is 336 g/mol. The largest absolute Gasteiger partial charge is 0.397 e. The number of nitrogen functional groups attached to an aromatic ring is 1. The van der Waals surface area contributed by atoms with Gasteiger partial charge in [0.2, 0.25) is 5.78 Å². The average molecular weight is 336 g/mol. The van der Waals surface area contributed by atoms with Crippen LogP contribution in [0.1, 0.15) is 14.5 Å². The molecule has 0 bridgehead atoms. The summed E-state index contributed by atoms with van der Waals surface area (Å²) in [5.41, 5.74) is 8.64. The molecule has 5 heteroatoms. The Balaban J connectivity index is 1.83. The SMILES string of the molecule is Nc1c(C(=O)c2cccs2)sc2nc(-c3ccccc3)ccc12. The zero-order chi connectivity index (χ0) is 15.8. The number of carbonyl (C=O) groups is 1. The smallest absolute Gasteiger partial charge is 0.215 e. The van der Waals surface area contributed by atoms with E-state index in [1.165, 1.54) is 22.7 Å². The number of rotatable bonds is 3. The number of pyridine rings is 1. The summed E-state index contributed by atoms with van der Waals surface area (Å²) >= 11 is 2.79. The third kappa shape index (κ3) is 2.44. The number of anilines is 1. The molecule has 0 saturated carbocycles. The van der Waals surface area contributed by atoms with Crippen molar-refractivity contribution < 1.29 is 4.79 Å². The number of fused-ring (bicyclic) bond motifs is 1. The van der Waals surface area contributed by atoms with Gasteiger partial charge in [-0.2, -0.15) is 0 Å². The van der Waals surface area contributed by atoms with Gasteiger partial charge in [-0.15, -0.1) is 22.7 Å². The molecule has 0 spiro atoms. The Kier molecular flexibility index (Phi) is 3.44. The molecule has 0 aliphatic carbocycles. The topological polar surface area (TPSA) is 56.0 Å². The van der Waals surface area contributed by atoms with Crippen LogP contribution >= 0.6 is 22.7 Å². The Morgan fingerprint density at radius 3 is 2.57 bits per heavy atom. The zero-order valence-corrected chi connectivity index (χ0v) is 13.7. The Morgan fingerprint density at radius 1 is 1.00 bits per heavy atom. The van der Waals surface area contributed by atoms with Crippen LogP contribution in [0.15, 0.2) is 60.0 Å². The van der Waals surface area contributed by atoms with E-state index in [4.69, 9.17) is 5.73 Å². The van der Waals surface area contributed by atoms with Crippen molar-refractivity contribution in [3.05, 3.63) is 69.7 Å². The van der Waals surface area contributed by atoms with Gasteiger partial charge in [0.05, 0.1) is 16.3 Å². The number of hydrogen-bond donors (Lipinski definition) is 1. The highest BCUT2D eigenvalue weighted by Gasteiger charge is 2.19. The maximum Gasteiger partial charge on any atom is 0.215 e. The van der Waals surface area contributed by atoms with E-state index in [2.05, 4.69) is 4.98 Å². The normalized spacial score (nSPS) is 11.0. The highest BCUT2D eigenvalue weighted by atomic mass is 32.1. The molecule has 2 N–H and O–H groups in total. The van der Waals surface area contributed by atoms with Gasteiger partial charge < -0.3 is 5.73 Å². The fourth-order valence-corrected chi connectivity index (χ4v) is 4.24. The van der Waals surface area contributed by atoms with Gasteiger partial charge in [-0.1, -0.05) is 36.4 Å². The number of nitrogens with two attached hydrogens (primary N) is 1. The van der Waals surface area contributed by atoms with Crippen LogP contribution in [-0.2, 0) is 0 Å². The molecule has 0 aliphatic heterocycles. The van der Waals surface area contributed by atoms with E-state index >= 15 is 0 Å². The van der Waals surface area contributed by atoms with E-state index in [1.807, 2.05) is 60.0 Å². The average Bonchev–Trinajstić information content (AvgIpc) is 3.23. The minimum Gasteiger partial charge on any atom is -0.397 e. The van der Waals surface area contributed by atoms with Crippen LogP contribution in [0.25, 0.3) is 21.5 Å². The number of nitrogens with zero attached hydrogens (tertiary/aromatic N) is 1. The summed E-state index contributed by atoms with van der Waals surface area (Å²) in [6, 6.07) is 17.6. The highest BCUT2D eigenvalue weighted by Crippen LogP contribution is 2.36. The number of ketones is 1. The minimum absolute atomic E-state index is 0.0261. The molecule has 0 fully saturated rings. The molecule has 0 unspecified atom stereocenters. The van der Waals surface area contributed by atoms with E-state index in [0.717, 1.165) is 21.5 Å². The molecule has 0 aliphatic rings. The fraction of sp³-hybridized carbons (Fsp3) is 0. The fourth-order valence-electron chi connectivity index (χ4n) is 2.46. The van der Waals surface area contributed by atoms with Gasteiger partial charge in [0.1, 0.15) is 9.71 Å². The van der Waals surface area contributed by atoms with E-state index < -0.39 is 0 Å². The van der Waals surface area contributed by atoms with Crippen LogP contribution < -0.4 is 5.73 Å². The van der Waals surface area contributed by atoms with Crippen LogP contribution in [0.2, 0.25) is 0 Å². The van der Waals surface area contributed by atoms with Crippen LogP contribution in [0.4, 0.5) is 5.69 Å². The van der Waals surface area contributed by atoms with Crippen molar-refractivity contribution in [2.75, 3.05) is 5.73 Å². The lowest BCUT2D eigenvalue weighted by Gasteiger charge is -2.00. The van der Waals surface area contributed by atoms with E-state index in [9.17, 15) is 4.79 Å². The summed E-state index contributed by atoms with van der Waals surface area (Å²) in [6.07, 6.45) is 0. The molecule has 0 saturated heterocycles. The van der Waals surface area contributed by atoms with E-state index in [1.54, 1.807) is 0 Å². The van der Waals surface area contributed by atoms with Gasteiger partial charge in [-0.25, -0.2) is 4.98 Å². The summed E-state index contributed by atoms with van der Waals surface area (Å²) in [5, 5.41) is 2.73. The van der Waals surface area contributed by atoms with Crippen LogP contribution in [0, 0.1) is 0 Å². The van der Waals surface area contributed by atoms with Gasteiger partial charge in [0.15, 0.2) is 0 Å². The Labute approximate surface area is 141 Å². The number of hydrogen-bond acceptors (Lipinski definition) is 5. The summed E-state index contributed by atoms with van der Waals surface area (Å²) < 4.78 is 0. The summed E-state index contributed by atoms with van der Waals surface area (Å²) in [4.78, 5) is 19.3. The molecule has 1 aromatic carbocycles. The number of aromatic nitrogens is 1. The maximum absolute atomic E-state index is 12.6. The second kappa shape index (κ2) is 5.61. The van der Waals surface area contributed by atoms with Crippen LogP contribution in [-0.4, -0.2) is 10.8 Å². The predicted octanol–water partition coefficient (Wildman–Crippen LogP) is 4.84. The van der Waals surface area contributed by atoms with E-state index in [-0.39, 0.29) is 5.78 Å². The summed E-state index contributed by atoms with van der Waals surface area (Å²) in [7, 11) is 0. The molecule has 3 nitrogen and oxygen atoms in total. The van der Waals surface area contributed by atoms with Crippen molar-refractivity contribution in [3.63, 3.8) is 0 Å². The second-order valence-electron chi connectivity index (χ2n) is 5.07. The third-order valence-corrected chi connectivity index (χ3v) is 5.60. The van der Waals surface area contributed by atoms with Gasteiger partial charge >= 0.3 is 0 Å². The van der Waals surface area contributed by atoms with Crippen molar-refractivity contribution in [2.45, 2.75) is 0 Å². The Morgan fingerprint density at radius 2 is 1.83 bits per heavy atom. The zero-order valence-electron chi connectivity index (χ0n) is 12.0. The summed E-state index contributed by atoms with van der Waals surface area (Å²) in [6.45, 7) is 0. The molecule has 0 radical (unpaired) electrons. The van der Waals surface area contributed by atoms with Crippen molar-refractivity contribution in [1.29, 1.82) is 0 Å². The number of benzene rings is 1. The first-order valence-electron chi connectivity index (χ1n) is 7.06. The first kappa shape index (κ1) is 14.1. The quantitative estimate of drug-likeness (QED) is 0.545. The molecule has 3 heterocycles. The van der Waals surface area contributed by atoms with Crippen molar-refractivity contribution >= 4 is 44.4 Å². The highest BCUT2D eigenvalue weighted by molar-refractivity contribution is 7.22. The molecule has 0 atom stereocenters. The molecule has 0 amide bonds. The van der Waals surface area contributed by atoms with Crippen molar-refractivity contribution in [2.24, 2.45) is 0 Å². The van der Waals surface area contributed by atoms with E-state index in [0.29, 0.717) is 15.4 Å². The Hall–Kier alpha value is -2.50. The molecular weight excluding hydrogens is 324 g/mol. The molecular formula is C18H12N2OS2. The third-order valence-electron chi connectivity index (χ3n) is 3.61. The number of thiophene rings is 2. The standard InChI is InChI=1S/C18H12N2OS2/c19-15-12-8-9-13(11-5-2-1-3-6-11)20-18(12)23-17(15)16(21)14-7-4-10-22-14/h1-10H,19H2. The van der Waals surface area contributed by atoms with Gasteiger partial charge in [-0.05, 0) is 23.6 Å². The predicted molar refractivity (Wildman–Crippen MR) is 97.2 cm³/mol. The molecule has 112 valence electrons. The van der Waals surface area contributed by atoms with Crippen molar-refractivity contribution in [3.8, 4) is 11.3 Å². The molecule has 4 aromatic rings. The second-order valence-corrected chi connectivity index (χ2v) is 7.01. The Bertz CT molecular complexity index is 989. The molecule has 23 heavy (non-hydrogen) atoms. The lowest BCUT2D eigenvalue weighted by Crippen LogP contribution is -1.99. The van der Waals surface area contributed by atoms with Crippen molar-refractivity contribution in [1.82, 2.24) is 4.98 Å². The lowest BCUT2D eigenvalue weighted by molar-refractivity contribution is 0.104.